The quantitative estimate of drug-likeness (QED) is 0.186. The molecule has 0 bridgehead atoms. The van der Waals surface area contributed by atoms with Gasteiger partial charge in [0.1, 0.15) is 22.3 Å². The molecule has 3 rings (SSSR count). The number of hydrogen-bond donors (Lipinski definition) is 1. The summed E-state index contributed by atoms with van der Waals surface area (Å²) < 4.78 is 74.4. The molecule has 0 atom stereocenters. The van der Waals surface area contributed by atoms with Crippen LogP contribution >= 0.6 is 27.5 Å². The number of ether oxygens (including phenoxy) is 1. The number of methoxy groups -OCH3 is 1. The van der Waals surface area contributed by atoms with E-state index in [-0.39, 0.29) is 25.8 Å². The number of nitriles is 1. The Morgan fingerprint density at radius 2 is 1.78 bits per heavy atom. The maximum Gasteiger partial charge on any atom is 0.416 e. The van der Waals surface area contributed by atoms with Gasteiger partial charge in [-0.15, -0.1) is 0 Å². The smallest absolute Gasteiger partial charge is 0.416 e. The molecule has 7 nitrogen and oxygen atoms in total. The number of amides is 1. The van der Waals surface area contributed by atoms with Crippen molar-refractivity contribution in [3.8, 4) is 17.6 Å². The molecule has 0 unspecified atom stereocenters. The van der Waals surface area contributed by atoms with Gasteiger partial charge in [-0.05, 0) is 82.2 Å². The zero-order valence-corrected chi connectivity index (χ0v) is 21.8. The van der Waals surface area contributed by atoms with E-state index in [0.29, 0.717) is 17.4 Å². The van der Waals surface area contributed by atoms with E-state index < -0.39 is 33.3 Å². The van der Waals surface area contributed by atoms with Gasteiger partial charge in [0.15, 0.2) is 5.75 Å². The van der Waals surface area contributed by atoms with Gasteiger partial charge >= 0.3 is 16.3 Å². The number of carbonyl (C=O) groups is 1. The summed E-state index contributed by atoms with van der Waals surface area (Å²) in [7, 11) is -2.74. The summed E-state index contributed by atoms with van der Waals surface area (Å²) in [5, 5.41) is 11.5. The highest BCUT2D eigenvalue weighted by atomic mass is 79.9. The van der Waals surface area contributed by atoms with E-state index in [9.17, 15) is 31.6 Å². The first-order chi connectivity index (χ1) is 17.3. The molecule has 0 radical (unpaired) electrons. The molecule has 37 heavy (non-hydrogen) atoms. The predicted octanol–water partition coefficient (Wildman–Crippen LogP) is 6.44. The number of rotatable bonds is 7. The molecule has 1 amide bonds. The Morgan fingerprint density at radius 1 is 1.11 bits per heavy atom. The third kappa shape index (κ3) is 7.03. The first-order valence-corrected chi connectivity index (χ1v) is 12.6. The lowest BCUT2D eigenvalue weighted by Gasteiger charge is -2.11. The largest absolute Gasteiger partial charge is 0.497 e. The fourth-order valence-electron chi connectivity index (χ4n) is 2.89. The van der Waals surface area contributed by atoms with E-state index in [2.05, 4.69) is 21.2 Å². The fraction of sp³-hybridized carbons (Fsp3) is 0.0833. The number of anilines is 1. The van der Waals surface area contributed by atoms with Crippen LogP contribution in [-0.4, -0.2) is 21.4 Å². The highest BCUT2D eigenvalue weighted by Crippen LogP contribution is 2.34. The van der Waals surface area contributed by atoms with Crippen molar-refractivity contribution in [1.82, 2.24) is 0 Å². The monoisotopic (exact) mass is 614 g/mol. The van der Waals surface area contributed by atoms with Crippen LogP contribution in [0.2, 0.25) is 5.02 Å². The van der Waals surface area contributed by atoms with Crippen molar-refractivity contribution in [2.24, 2.45) is 0 Å². The second-order valence-electron chi connectivity index (χ2n) is 7.22. The summed E-state index contributed by atoms with van der Waals surface area (Å²) in [5.74, 6) is -0.599. The molecule has 1 N–H and O–H groups in total. The molecule has 0 spiro atoms. The zero-order chi connectivity index (χ0) is 27.4. The van der Waals surface area contributed by atoms with E-state index >= 15 is 0 Å². The number of nitrogens with one attached hydrogen (secondary N) is 1. The van der Waals surface area contributed by atoms with Crippen LogP contribution < -0.4 is 14.2 Å². The van der Waals surface area contributed by atoms with Gasteiger partial charge in [0.25, 0.3) is 5.91 Å². The van der Waals surface area contributed by atoms with Gasteiger partial charge in [-0.25, -0.2) is 0 Å². The standard InChI is InChI=1S/C24H15BrClF3N2O5S/c1-35-17-4-6-18(7-5-17)37(33,34)36-22-9-2-14(11-19(22)25)10-15(13-30)23(32)31-21-12-16(24(27,28)29)3-8-20(21)26/h2-12H,1H3,(H,31,32)/b15-10+. The van der Waals surface area contributed by atoms with Crippen LogP contribution in [0.4, 0.5) is 18.9 Å². The van der Waals surface area contributed by atoms with E-state index in [1.165, 1.54) is 49.6 Å². The Labute approximate surface area is 223 Å². The van der Waals surface area contributed by atoms with Gasteiger partial charge in [0.2, 0.25) is 0 Å². The van der Waals surface area contributed by atoms with Gasteiger partial charge in [-0.2, -0.15) is 26.9 Å². The summed E-state index contributed by atoms with van der Waals surface area (Å²) >= 11 is 9.08. The number of carbonyl (C=O) groups excluding carboxylic acids is 1. The van der Waals surface area contributed by atoms with Gasteiger partial charge in [-0.3, -0.25) is 4.79 Å². The SMILES string of the molecule is COc1ccc(S(=O)(=O)Oc2ccc(/C=C(\C#N)C(=O)Nc3cc(C(F)(F)F)ccc3Cl)cc2Br)cc1. The van der Waals surface area contributed by atoms with Gasteiger partial charge in [0.05, 0.1) is 27.9 Å². The van der Waals surface area contributed by atoms with E-state index in [1.807, 2.05) is 0 Å². The molecular weight excluding hydrogens is 601 g/mol. The lowest BCUT2D eigenvalue weighted by atomic mass is 10.1. The summed E-state index contributed by atoms with van der Waals surface area (Å²) in [6.45, 7) is 0. The van der Waals surface area contributed by atoms with Crippen LogP contribution in [0.1, 0.15) is 11.1 Å². The number of alkyl halides is 3. The average Bonchev–Trinajstić information content (AvgIpc) is 2.84. The van der Waals surface area contributed by atoms with Gasteiger partial charge in [0, 0.05) is 0 Å². The number of halogens is 5. The minimum absolute atomic E-state index is 0.0633. The molecule has 0 aliphatic rings. The summed E-state index contributed by atoms with van der Waals surface area (Å²) in [4.78, 5) is 12.4. The van der Waals surface area contributed by atoms with E-state index in [1.54, 1.807) is 6.07 Å². The molecule has 0 aromatic heterocycles. The van der Waals surface area contributed by atoms with Crippen molar-refractivity contribution in [2.45, 2.75) is 11.1 Å². The van der Waals surface area contributed by atoms with Crippen LogP contribution in [-0.2, 0) is 21.1 Å². The fourth-order valence-corrected chi connectivity index (χ4v) is 4.58. The topological polar surface area (TPSA) is 105 Å². The Hall–Kier alpha value is -3.53. The molecular formula is C24H15BrClF3N2O5S. The lowest BCUT2D eigenvalue weighted by Crippen LogP contribution is -2.15. The predicted molar refractivity (Wildman–Crippen MR) is 134 cm³/mol. The third-order valence-corrected chi connectivity index (χ3v) is 6.92. The number of nitrogens with zero attached hydrogens (tertiary/aromatic N) is 1. The Bertz CT molecular complexity index is 1520. The molecule has 0 heterocycles. The third-order valence-electron chi connectivity index (χ3n) is 4.72. The number of hydrogen-bond acceptors (Lipinski definition) is 6. The van der Waals surface area contributed by atoms with Crippen molar-refractivity contribution < 1.29 is 35.3 Å². The van der Waals surface area contributed by atoms with Crippen molar-refractivity contribution in [2.75, 3.05) is 12.4 Å². The van der Waals surface area contributed by atoms with Crippen LogP contribution in [0.15, 0.2) is 75.6 Å². The van der Waals surface area contributed by atoms with Crippen molar-refractivity contribution in [3.05, 3.63) is 86.9 Å². The Balaban J connectivity index is 1.81. The Morgan fingerprint density at radius 3 is 2.35 bits per heavy atom. The van der Waals surface area contributed by atoms with Crippen molar-refractivity contribution in [3.63, 3.8) is 0 Å². The molecule has 0 aliphatic carbocycles. The molecule has 0 saturated carbocycles. The van der Waals surface area contributed by atoms with Crippen LogP contribution in [0.5, 0.6) is 11.5 Å². The van der Waals surface area contributed by atoms with Crippen LogP contribution in [0.25, 0.3) is 6.08 Å². The van der Waals surface area contributed by atoms with Crippen molar-refractivity contribution in [1.29, 1.82) is 5.26 Å². The minimum atomic E-state index is -4.66. The van der Waals surface area contributed by atoms with E-state index in [4.69, 9.17) is 20.5 Å². The molecule has 192 valence electrons. The number of benzene rings is 3. The molecule has 0 aliphatic heterocycles. The van der Waals surface area contributed by atoms with E-state index in [0.717, 1.165) is 18.2 Å². The first-order valence-electron chi connectivity index (χ1n) is 10.0. The summed E-state index contributed by atoms with van der Waals surface area (Å²) in [5.41, 5.74) is -1.50. The molecule has 13 heteroatoms. The van der Waals surface area contributed by atoms with Gasteiger partial charge in [-0.1, -0.05) is 17.7 Å². The van der Waals surface area contributed by atoms with Crippen molar-refractivity contribution >= 4 is 55.3 Å². The van der Waals surface area contributed by atoms with Crippen LogP contribution in [0, 0.1) is 11.3 Å². The molecule has 0 saturated heterocycles. The average molecular weight is 616 g/mol. The maximum atomic E-state index is 13.0. The second kappa shape index (κ2) is 11.2. The van der Waals surface area contributed by atoms with Crippen LogP contribution in [0.3, 0.4) is 0 Å². The molecule has 3 aromatic carbocycles. The molecule has 0 fully saturated rings. The highest BCUT2D eigenvalue weighted by molar-refractivity contribution is 9.10. The lowest BCUT2D eigenvalue weighted by molar-refractivity contribution is -0.137. The molecule has 3 aromatic rings. The maximum absolute atomic E-state index is 13.0. The zero-order valence-electron chi connectivity index (χ0n) is 18.6. The second-order valence-corrected chi connectivity index (χ2v) is 10.0. The Kier molecular flexibility index (Phi) is 8.53. The first kappa shape index (κ1) is 28.0. The summed E-state index contributed by atoms with van der Waals surface area (Å²) in [6.07, 6.45) is -3.50. The minimum Gasteiger partial charge on any atom is -0.497 e. The highest BCUT2D eigenvalue weighted by Gasteiger charge is 2.31. The normalized spacial score (nSPS) is 12.0. The van der Waals surface area contributed by atoms with Gasteiger partial charge < -0.3 is 14.2 Å². The summed E-state index contributed by atoms with van der Waals surface area (Å²) in [6, 6.07) is 13.7.